The van der Waals surface area contributed by atoms with Crippen LogP contribution >= 0.6 is 11.6 Å². The Labute approximate surface area is 207 Å². The maximum Gasteiger partial charge on any atom is 0.255 e. The molecule has 0 radical (unpaired) electrons. The summed E-state index contributed by atoms with van der Waals surface area (Å²) in [6.45, 7) is 9.97. The molecule has 0 saturated carbocycles. The zero-order valence-corrected chi connectivity index (χ0v) is 21.2. The van der Waals surface area contributed by atoms with Crippen molar-refractivity contribution in [3.05, 3.63) is 77.3 Å². The molecule has 34 heavy (non-hydrogen) atoms. The van der Waals surface area contributed by atoms with E-state index < -0.39 is 0 Å². The molecule has 0 aliphatic rings. The molecule has 1 N–H and O–H groups in total. The zero-order valence-electron chi connectivity index (χ0n) is 20.5. The molecule has 0 unspecified atom stereocenters. The minimum atomic E-state index is -0.248. The minimum absolute atomic E-state index is 0.248. The smallest absolute Gasteiger partial charge is 0.255 e. The molecular weight excluding hydrogens is 448 g/mol. The molecule has 180 valence electrons. The first kappa shape index (κ1) is 25.6. The van der Waals surface area contributed by atoms with Gasteiger partial charge in [0.25, 0.3) is 5.91 Å². The summed E-state index contributed by atoms with van der Waals surface area (Å²) in [6, 6.07) is 21.7. The summed E-state index contributed by atoms with van der Waals surface area (Å²) in [6.07, 6.45) is 0. The predicted molar refractivity (Wildman–Crippen MR) is 140 cm³/mol. The lowest BCUT2D eigenvalue weighted by atomic mass is 10.0. The topological polar surface area (TPSA) is 50.8 Å². The number of amides is 1. The van der Waals surface area contributed by atoms with Gasteiger partial charge in [0, 0.05) is 36.3 Å². The summed E-state index contributed by atoms with van der Waals surface area (Å²) >= 11 is 6.48. The third kappa shape index (κ3) is 6.52. The highest BCUT2D eigenvalue weighted by molar-refractivity contribution is 6.34. The zero-order chi connectivity index (χ0) is 24.7. The van der Waals surface area contributed by atoms with E-state index in [2.05, 4.69) is 37.9 Å². The van der Waals surface area contributed by atoms with Crippen LogP contribution in [0.5, 0.6) is 11.5 Å². The van der Waals surface area contributed by atoms with Gasteiger partial charge in [-0.15, -0.1) is 0 Å². The molecule has 0 bridgehead atoms. The lowest BCUT2D eigenvalue weighted by Gasteiger charge is -2.30. The van der Waals surface area contributed by atoms with Crippen LogP contribution in [0.3, 0.4) is 0 Å². The molecule has 0 aromatic heterocycles. The maximum atomic E-state index is 12.8. The van der Waals surface area contributed by atoms with E-state index in [0.29, 0.717) is 46.5 Å². The molecule has 0 saturated heterocycles. The number of methoxy groups -OCH3 is 1. The molecule has 0 atom stereocenters. The molecular formula is C28H33ClN2O3. The Kier molecular flexibility index (Phi) is 8.97. The largest absolute Gasteiger partial charge is 0.493 e. The van der Waals surface area contributed by atoms with E-state index in [-0.39, 0.29) is 5.91 Å². The van der Waals surface area contributed by atoms with E-state index in [1.807, 2.05) is 42.5 Å². The van der Waals surface area contributed by atoms with Crippen molar-refractivity contribution < 1.29 is 14.3 Å². The normalized spacial score (nSPS) is 11.2. The highest BCUT2D eigenvalue weighted by Crippen LogP contribution is 2.36. The summed E-state index contributed by atoms with van der Waals surface area (Å²) in [5.41, 5.74) is 3.15. The Morgan fingerprint density at radius 1 is 0.912 bits per heavy atom. The fraction of sp³-hybridized carbons (Fsp3) is 0.321. The number of rotatable bonds is 10. The summed E-state index contributed by atoms with van der Waals surface area (Å²) in [5, 5.41) is 3.26. The Morgan fingerprint density at radius 2 is 1.53 bits per heavy atom. The number of carbonyl (C=O) groups is 1. The van der Waals surface area contributed by atoms with Gasteiger partial charge < -0.3 is 14.8 Å². The van der Waals surface area contributed by atoms with Crippen molar-refractivity contribution in [3.63, 3.8) is 0 Å². The maximum absolute atomic E-state index is 12.8. The van der Waals surface area contributed by atoms with Gasteiger partial charge in [-0.3, -0.25) is 9.69 Å². The van der Waals surface area contributed by atoms with E-state index in [9.17, 15) is 4.79 Å². The number of ether oxygens (including phenoxy) is 2. The second-order valence-corrected chi connectivity index (χ2v) is 9.06. The van der Waals surface area contributed by atoms with Gasteiger partial charge in [-0.2, -0.15) is 0 Å². The SMILES string of the molecule is COc1cc(NC(=O)c2ccc(-c3ccccc3)cc2)c(Cl)cc1OCCN(C(C)C)C(C)C. The highest BCUT2D eigenvalue weighted by atomic mass is 35.5. The van der Waals surface area contributed by atoms with Gasteiger partial charge in [-0.25, -0.2) is 0 Å². The summed E-state index contributed by atoms with van der Waals surface area (Å²) in [5.74, 6) is 0.812. The molecule has 0 fully saturated rings. The van der Waals surface area contributed by atoms with Gasteiger partial charge in [0.1, 0.15) is 6.61 Å². The summed E-state index contributed by atoms with van der Waals surface area (Å²) in [4.78, 5) is 15.2. The Bertz CT molecular complexity index is 1070. The Hall–Kier alpha value is -3.02. The van der Waals surface area contributed by atoms with Gasteiger partial charge in [0.05, 0.1) is 17.8 Å². The molecule has 3 aromatic rings. The molecule has 0 heterocycles. The van der Waals surface area contributed by atoms with Crippen LogP contribution in [0.4, 0.5) is 5.69 Å². The second-order valence-electron chi connectivity index (χ2n) is 8.65. The quantitative estimate of drug-likeness (QED) is 0.348. The van der Waals surface area contributed by atoms with Crippen LogP contribution in [0.2, 0.25) is 5.02 Å². The second kappa shape index (κ2) is 11.9. The van der Waals surface area contributed by atoms with Crippen LogP contribution in [-0.4, -0.2) is 43.2 Å². The average molecular weight is 481 g/mol. The van der Waals surface area contributed by atoms with E-state index in [1.54, 1.807) is 31.4 Å². The van der Waals surface area contributed by atoms with Gasteiger partial charge in [0.2, 0.25) is 0 Å². The van der Waals surface area contributed by atoms with Crippen LogP contribution < -0.4 is 14.8 Å². The van der Waals surface area contributed by atoms with E-state index in [0.717, 1.165) is 17.7 Å². The first-order chi connectivity index (χ1) is 16.3. The minimum Gasteiger partial charge on any atom is -0.493 e. The van der Waals surface area contributed by atoms with Gasteiger partial charge in [-0.1, -0.05) is 54.1 Å². The lowest BCUT2D eigenvalue weighted by Crippen LogP contribution is -2.39. The van der Waals surface area contributed by atoms with Crippen molar-refractivity contribution >= 4 is 23.2 Å². The van der Waals surface area contributed by atoms with E-state index >= 15 is 0 Å². The van der Waals surface area contributed by atoms with Crippen LogP contribution in [0.1, 0.15) is 38.1 Å². The standard InChI is InChI=1S/C28H33ClN2O3/c1-19(2)31(20(3)4)15-16-34-27-17-24(29)25(18-26(27)33-5)30-28(32)23-13-11-22(12-14-23)21-9-7-6-8-10-21/h6-14,17-20H,15-16H2,1-5H3,(H,30,32). The third-order valence-electron chi connectivity index (χ3n) is 5.69. The number of hydrogen-bond donors (Lipinski definition) is 1. The fourth-order valence-corrected chi connectivity index (χ4v) is 4.12. The van der Waals surface area contributed by atoms with Gasteiger partial charge in [-0.05, 0) is 51.0 Å². The first-order valence-electron chi connectivity index (χ1n) is 11.5. The molecule has 3 aromatic carbocycles. The van der Waals surface area contributed by atoms with E-state index in [1.165, 1.54) is 0 Å². The molecule has 0 aliphatic heterocycles. The van der Waals surface area contributed by atoms with E-state index in [4.69, 9.17) is 21.1 Å². The third-order valence-corrected chi connectivity index (χ3v) is 6.00. The number of nitrogens with one attached hydrogen (secondary N) is 1. The van der Waals surface area contributed by atoms with Gasteiger partial charge >= 0.3 is 0 Å². The number of anilines is 1. The lowest BCUT2D eigenvalue weighted by molar-refractivity contribution is 0.102. The number of nitrogens with zero attached hydrogens (tertiary/aromatic N) is 1. The summed E-state index contributed by atoms with van der Waals surface area (Å²) < 4.78 is 11.5. The average Bonchev–Trinajstić information content (AvgIpc) is 2.83. The number of benzene rings is 3. The first-order valence-corrected chi connectivity index (χ1v) is 11.9. The predicted octanol–water partition coefficient (Wildman–Crippen LogP) is 6.77. The van der Waals surface area contributed by atoms with Gasteiger partial charge in [0.15, 0.2) is 11.5 Å². The molecule has 0 spiro atoms. The molecule has 0 aliphatic carbocycles. The number of carbonyl (C=O) groups excluding carboxylic acids is 1. The molecule has 3 rings (SSSR count). The Morgan fingerprint density at radius 3 is 2.12 bits per heavy atom. The fourth-order valence-electron chi connectivity index (χ4n) is 3.92. The van der Waals surface area contributed by atoms with Crippen molar-refractivity contribution in [2.24, 2.45) is 0 Å². The highest BCUT2D eigenvalue weighted by Gasteiger charge is 2.16. The van der Waals surface area contributed by atoms with Crippen molar-refractivity contribution in [2.45, 2.75) is 39.8 Å². The number of hydrogen-bond acceptors (Lipinski definition) is 4. The van der Waals surface area contributed by atoms with Crippen molar-refractivity contribution in [1.82, 2.24) is 4.90 Å². The molecule has 6 heteroatoms. The van der Waals surface area contributed by atoms with Crippen LogP contribution in [0, 0.1) is 0 Å². The van der Waals surface area contributed by atoms with Crippen LogP contribution in [0.15, 0.2) is 66.7 Å². The van der Waals surface area contributed by atoms with Crippen molar-refractivity contribution in [3.8, 4) is 22.6 Å². The Balaban J connectivity index is 1.68. The van der Waals surface area contributed by atoms with Crippen LogP contribution in [-0.2, 0) is 0 Å². The van der Waals surface area contributed by atoms with Crippen molar-refractivity contribution in [2.75, 3.05) is 25.6 Å². The van der Waals surface area contributed by atoms with Crippen LogP contribution in [0.25, 0.3) is 11.1 Å². The molecule has 1 amide bonds. The van der Waals surface area contributed by atoms with Crippen molar-refractivity contribution in [1.29, 1.82) is 0 Å². The monoisotopic (exact) mass is 480 g/mol. The molecule has 5 nitrogen and oxygen atoms in total. The summed E-state index contributed by atoms with van der Waals surface area (Å²) in [7, 11) is 1.57. The number of halogens is 1.